The smallest absolute Gasteiger partial charge is 0.279 e. The molecule has 0 aromatic heterocycles. The van der Waals surface area contributed by atoms with Crippen LogP contribution in [0.4, 0.5) is 17.1 Å². The Kier molecular flexibility index (Phi) is 6.59. The highest BCUT2D eigenvalue weighted by Gasteiger charge is 2.30. The molecule has 32 heavy (non-hydrogen) atoms. The summed E-state index contributed by atoms with van der Waals surface area (Å²) in [6.07, 6.45) is 2.74. The first-order valence-electron chi connectivity index (χ1n) is 10.6. The number of benzene rings is 2. The molecule has 1 aliphatic carbocycles. The van der Waals surface area contributed by atoms with Gasteiger partial charge in [-0.1, -0.05) is 38.5 Å². The van der Waals surface area contributed by atoms with Crippen molar-refractivity contribution in [2.45, 2.75) is 58.8 Å². The zero-order valence-electron chi connectivity index (χ0n) is 19.1. The van der Waals surface area contributed by atoms with Crippen molar-refractivity contribution in [2.24, 2.45) is 16.4 Å². The van der Waals surface area contributed by atoms with Gasteiger partial charge in [0.1, 0.15) is 5.69 Å². The number of hydrazone groups is 1. The van der Waals surface area contributed by atoms with Gasteiger partial charge in [-0.2, -0.15) is 5.10 Å². The molecule has 2 aromatic carbocycles. The molecule has 0 heterocycles. The lowest BCUT2D eigenvalue weighted by Gasteiger charge is -2.34. The van der Waals surface area contributed by atoms with Gasteiger partial charge in [-0.25, -0.2) is 8.42 Å². The van der Waals surface area contributed by atoms with Gasteiger partial charge in [-0.05, 0) is 68.2 Å². The second kappa shape index (κ2) is 8.90. The summed E-state index contributed by atoms with van der Waals surface area (Å²) < 4.78 is 28.2. The summed E-state index contributed by atoms with van der Waals surface area (Å²) in [5.41, 5.74) is 5.89. The fraction of sp³-hybridized carbons (Fsp3) is 0.435. The van der Waals surface area contributed by atoms with E-state index in [2.05, 4.69) is 36.0 Å². The van der Waals surface area contributed by atoms with Crippen molar-refractivity contribution in [3.8, 4) is 0 Å². The first-order valence-corrected chi connectivity index (χ1v) is 12.0. The van der Waals surface area contributed by atoms with Crippen molar-refractivity contribution in [1.82, 2.24) is 0 Å². The molecular formula is C23H30N4O4S. The van der Waals surface area contributed by atoms with Gasteiger partial charge in [-0.15, -0.1) is 0 Å². The van der Waals surface area contributed by atoms with Crippen LogP contribution in [-0.2, 0) is 10.0 Å². The summed E-state index contributed by atoms with van der Waals surface area (Å²) >= 11 is 0. The lowest BCUT2D eigenvalue weighted by Crippen LogP contribution is -2.28. The topological polar surface area (TPSA) is 114 Å². The Morgan fingerprint density at radius 1 is 1.12 bits per heavy atom. The second-order valence-electron chi connectivity index (χ2n) is 9.50. The highest BCUT2D eigenvalue weighted by atomic mass is 32.2. The molecule has 2 N–H and O–H groups in total. The van der Waals surface area contributed by atoms with E-state index in [0.717, 1.165) is 42.2 Å². The number of anilines is 2. The van der Waals surface area contributed by atoms with E-state index in [1.165, 1.54) is 12.1 Å². The van der Waals surface area contributed by atoms with E-state index >= 15 is 0 Å². The molecule has 8 nitrogen and oxygen atoms in total. The minimum absolute atomic E-state index is 0.127. The van der Waals surface area contributed by atoms with E-state index in [4.69, 9.17) is 0 Å². The zero-order chi connectivity index (χ0) is 23.7. The summed E-state index contributed by atoms with van der Waals surface area (Å²) in [7, 11) is -4.00. The van der Waals surface area contributed by atoms with Crippen LogP contribution in [0.5, 0.6) is 0 Å². The van der Waals surface area contributed by atoms with Crippen LogP contribution in [-0.4, -0.2) is 19.1 Å². The Morgan fingerprint density at radius 2 is 1.81 bits per heavy atom. The lowest BCUT2D eigenvalue weighted by atomic mass is 9.72. The van der Waals surface area contributed by atoms with Crippen LogP contribution in [0.3, 0.4) is 0 Å². The minimum Gasteiger partial charge on any atom is -0.279 e. The van der Waals surface area contributed by atoms with E-state index in [9.17, 15) is 18.5 Å². The fourth-order valence-electron chi connectivity index (χ4n) is 4.39. The zero-order valence-corrected chi connectivity index (χ0v) is 19.9. The lowest BCUT2D eigenvalue weighted by molar-refractivity contribution is -0.384. The molecule has 0 bridgehead atoms. The molecule has 1 aliphatic rings. The molecule has 1 atom stereocenters. The van der Waals surface area contributed by atoms with Crippen molar-refractivity contribution >= 4 is 32.8 Å². The number of nitrogens with zero attached hydrogens (tertiary/aromatic N) is 2. The van der Waals surface area contributed by atoms with Gasteiger partial charge in [0, 0.05) is 11.8 Å². The third-order valence-corrected chi connectivity index (χ3v) is 6.97. The quantitative estimate of drug-likeness (QED) is 0.430. The molecule has 0 radical (unpaired) electrons. The van der Waals surface area contributed by atoms with Gasteiger partial charge in [0.2, 0.25) is 0 Å². The molecule has 1 unspecified atom stereocenters. The van der Waals surface area contributed by atoms with Gasteiger partial charge in [0.25, 0.3) is 15.7 Å². The third-order valence-electron chi connectivity index (χ3n) is 5.60. The van der Waals surface area contributed by atoms with Gasteiger partial charge in [-0.3, -0.25) is 20.3 Å². The highest BCUT2D eigenvalue weighted by molar-refractivity contribution is 7.92. The molecule has 0 saturated heterocycles. The molecule has 0 aliphatic heterocycles. The average molecular weight is 459 g/mol. The molecule has 1 saturated carbocycles. The van der Waals surface area contributed by atoms with Crippen molar-refractivity contribution in [3.05, 3.63) is 57.6 Å². The van der Waals surface area contributed by atoms with E-state index in [-0.39, 0.29) is 21.7 Å². The van der Waals surface area contributed by atoms with Crippen LogP contribution in [0.1, 0.15) is 51.2 Å². The Hall–Kier alpha value is -2.94. The summed E-state index contributed by atoms with van der Waals surface area (Å²) in [6.45, 7) is 10.2. The van der Waals surface area contributed by atoms with Gasteiger partial charge < -0.3 is 0 Å². The minimum atomic E-state index is -4.00. The van der Waals surface area contributed by atoms with Crippen molar-refractivity contribution in [1.29, 1.82) is 0 Å². The van der Waals surface area contributed by atoms with Crippen LogP contribution in [0.2, 0.25) is 0 Å². The number of hydrogen-bond donors (Lipinski definition) is 2. The first kappa shape index (κ1) is 23.7. The van der Waals surface area contributed by atoms with E-state index in [1.54, 1.807) is 19.1 Å². The maximum absolute atomic E-state index is 12.9. The molecular weight excluding hydrogens is 428 g/mol. The van der Waals surface area contributed by atoms with E-state index < -0.39 is 14.9 Å². The largest absolute Gasteiger partial charge is 0.295 e. The molecule has 172 valence electrons. The predicted molar refractivity (Wildman–Crippen MR) is 128 cm³/mol. The SMILES string of the molecule is Cc1ccc(NS(=O)(=O)c2ccc(NN=C3CC(C)CC(C)(C)C3)c([N+](=O)[O-])c2)c(C)c1. The van der Waals surface area contributed by atoms with Gasteiger partial charge >= 0.3 is 0 Å². The number of hydrogen-bond acceptors (Lipinski definition) is 6. The molecule has 1 fully saturated rings. The average Bonchev–Trinajstić information content (AvgIpc) is 2.66. The maximum atomic E-state index is 12.9. The highest BCUT2D eigenvalue weighted by Crippen LogP contribution is 2.37. The number of nitrogens with one attached hydrogen (secondary N) is 2. The van der Waals surface area contributed by atoms with E-state index in [1.807, 2.05) is 13.0 Å². The number of nitro groups is 1. The third kappa shape index (κ3) is 5.64. The van der Waals surface area contributed by atoms with Crippen molar-refractivity contribution in [2.75, 3.05) is 10.1 Å². The number of rotatable bonds is 6. The number of aryl methyl sites for hydroxylation is 2. The Bertz CT molecular complexity index is 1170. The molecule has 3 rings (SSSR count). The van der Waals surface area contributed by atoms with Gasteiger partial charge in [0.15, 0.2) is 0 Å². The number of nitro benzene ring substituents is 1. The van der Waals surface area contributed by atoms with Crippen molar-refractivity contribution in [3.63, 3.8) is 0 Å². The van der Waals surface area contributed by atoms with Gasteiger partial charge in [0.05, 0.1) is 15.5 Å². The Labute approximate surface area is 189 Å². The predicted octanol–water partition coefficient (Wildman–Crippen LogP) is 5.63. The summed E-state index contributed by atoms with van der Waals surface area (Å²) in [6, 6.07) is 9.12. The maximum Gasteiger partial charge on any atom is 0.295 e. The molecule has 2 aromatic rings. The Morgan fingerprint density at radius 3 is 2.44 bits per heavy atom. The second-order valence-corrected chi connectivity index (χ2v) is 11.2. The Balaban J connectivity index is 1.87. The summed E-state index contributed by atoms with van der Waals surface area (Å²) in [5.74, 6) is 0.484. The van der Waals surface area contributed by atoms with Crippen molar-refractivity contribution < 1.29 is 13.3 Å². The summed E-state index contributed by atoms with van der Waals surface area (Å²) in [5, 5.41) is 16.1. The normalized spacial score (nSPS) is 19.5. The first-order chi connectivity index (χ1) is 14.9. The molecule has 0 spiro atoms. The van der Waals surface area contributed by atoms with Crippen LogP contribution in [0.25, 0.3) is 0 Å². The number of sulfonamides is 1. The summed E-state index contributed by atoms with van der Waals surface area (Å²) in [4.78, 5) is 10.9. The van der Waals surface area contributed by atoms with Crippen LogP contribution in [0.15, 0.2) is 46.4 Å². The van der Waals surface area contributed by atoms with E-state index in [0.29, 0.717) is 11.6 Å². The molecule has 0 amide bonds. The molecule has 9 heteroatoms. The fourth-order valence-corrected chi connectivity index (χ4v) is 5.55. The van der Waals surface area contributed by atoms with Crippen LogP contribution < -0.4 is 10.1 Å². The van der Waals surface area contributed by atoms with Crippen LogP contribution in [0, 0.1) is 35.3 Å². The monoisotopic (exact) mass is 458 g/mol. The standard InChI is InChI=1S/C23H30N4O4S/c1-15-6-8-20(17(3)10-15)26-32(30,31)19-7-9-21(22(12-19)27(28)29)25-24-18-11-16(2)13-23(4,5)14-18/h6-10,12,16,25-26H,11,13-14H2,1-5H3. The van der Waals surface area contributed by atoms with Crippen LogP contribution >= 0.6 is 0 Å².